The number of rotatable bonds is 6. The lowest BCUT2D eigenvalue weighted by molar-refractivity contribution is 0.0990. The van der Waals surface area contributed by atoms with Crippen LogP contribution in [0.4, 0.5) is 5.82 Å². The lowest BCUT2D eigenvalue weighted by Gasteiger charge is -2.33. The normalized spacial score (nSPS) is 15.9. The average molecular weight is 459 g/mol. The standard InChI is InChI=1S/C24H26N8O2/c1-2-3-14-31-15-5-4-7-18(31)23-29-20(21(22(25)33)32(23)26)16-9-11-17(12-10-16)24(34)28-19-8-6-13-27-30-19/h6,8-13,18H,4-5,7,14-15,26H2,1H3,(H2,25,33)(H,28,30,34). The van der Waals surface area contributed by atoms with E-state index in [0.717, 1.165) is 25.8 Å². The van der Waals surface area contributed by atoms with Gasteiger partial charge in [-0.15, -0.1) is 11.0 Å². The Bertz CT molecular complexity index is 1240. The highest BCUT2D eigenvalue weighted by Crippen LogP contribution is 2.33. The van der Waals surface area contributed by atoms with Crippen LogP contribution in [-0.2, 0) is 0 Å². The van der Waals surface area contributed by atoms with Crippen molar-refractivity contribution >= 4 is 17.6 Å². The number of primary amides is 1. The van der Waals surface area contributed by atoms with Gasteiger partial charge in [-0.05, 0) is 50.6 Å². The quantitative estimate of drug-likeness (QED) is 0.378. The Kier molecular flexibility index (Phi) is 6.85. The van der Waals surface area contributed by atoms with E-state index in [1.165, 1.54) is 10.9 Å². The van der Waals surface area contributed by atoms with Crippen LogP contribution in [0.3, 0.4) is 0 Å². The van der Waals surface area contributed by atoms with Crippen LogP contribution in [0, 0.1) is 11.8 Å². The van der Waals surface area contributed by atoms with Gasteiger partial charge in [0.15, 0.2) is 11.5 Å². The molecule has 34 heavy (non-hydrogen) atoms. The van der Waals surface area contributed by atoms with Gasteiger partial charge in [-0.3, -0.25) is 14.5 Å². The maximum atomic E-state index is 12.5. The van der Waals surface area contributed by atoms with Crippen molar-refractivity contribution in [3.8, 4) is 23.1 Å². The molecule has 1 aliphatic heterocycles. The molecular formula is C24H26N8O2. The van der Waals surface area contributed by atoms with Crippen LogP contribution >= 0.6 is 0 Å². The highest BCUT2D eigenvalue weighted by atomic mass is 16.2. The highest BCUT2D eigenvalue weighted by Gasteiger charge is 2.31. The lowest BCUT2D eigenvalue weighted by Crippen LogP contribution is -2.37. The number of nitrogens with zero attached hydrogens (tertiary/aromatic N) is 5. The first-order chi connectivity index (χ1) is 16.5. The fourth-order valence-electron chi connectivity index (χ4n) is 4.11. The first-order valence-electron chi connectivity index (χ1n) is 11.0. The summed E-state index contributed by atoms with van der Waals surface area (Å²) in [5, 5.41) is 10.3. The van der Waals surface area contributed by atoms with E-state index in [4.69, 9.17) is 16.6 Å². The molecule has 2 amide bonds. The Morgan fingerprint density at radius 2 is 2.00 bits per heavy atom. The van der Waals surface area contributed by atoms with E-state index >= 15 is 0 Å². The Morgan fingerprint density at radius 3 is 2.68 bits per heavy atom. The summed E-state index contributed by atoms with van der Waals surface area (Å²) in [4.78, 5) is 31.8. The van der Waals surface area contributed by atoms with Crippen molar-refractivity contribution < 1.29 is 9.59 Å². The molecule has 0 spiro atoms. The number of nitrogens with two attached hydrogens (primary N) is 2. The second-order valence-electron chi connectivity index (χ2n) is 7.95. The van der Waals surface area contributed by atoms with Crippen LogP contribution < -0.4 is 16.9 Å². The molecule has 1 saturated heterocycles. The van der Waals surface area contributed by atoms with E-state index in [2.05, 4.69) is 32.3 Å². The summed E-state index contributed by atoms with van der Waals surface area (Å²) in [6.07, 6.45) is 4.49. The van der Waals surface area contributed by atoms with Crippen LogP contribution in [-0.4, -0.2) is 49.7 Å². The van der Waals surface area contributed by atoms with Gasteiger partial charge in [0.1, 0.15) is 11.5 Å². The van der Waals surface area contributed by atoms with Gasteiger partial charge in [0.25, 0.3) is 11.8 Å². The molecule has 3 heterocycles. The molecule has 4 rings (SSSR count). The zero-order chi connectivity index (χ0) is 24.1. The minimum atomic E-state index is -0.670. The molecule has 0 radical (unpaired) electrons. The fraction of sp³-hybridized carbons (Fsp3) is 0.292. The maximum Gasteiger partial charge on any atom is 0.269 e. The predicted octanol–water partition coefficient (Wildman–Crippen LogP) is 1.96. The number of piperidine rings is 1. The third-order valence-electron chi connectivity index (χ3n) is 5.78. The first kappa shape index (κ1) is 22.9. The van der Waals surface area contributed by atoms with Crippen molar-refractivity contribution in [1.82, 2.24) is 24.8 Å². The molecule has 174 valence electrons. The van der Waals surface area contributed by atoms with Crippen LogP contribution in [0.1, 0.15) is 58.9 Å². The van der Waals surface area contributed by atoms with Gasteiger partial charge >= 0.3 is 0 Å². The summed E-state index contributed by atoms with van der Waals surface area (Å²) < 4.78 is 1.30. The minimum Gasteiger partial charge on any atom is -0.364 e. The van der Waals surface area contributed by atoms with Crippen molar-refractivity contribution in [2.24, 2.45) is 5.73 Å². The second-order valence-corrected chi connectivity index (χ2v) is 7.95. The summed E-state index contributed by atoms with van der Waals surface area (Å²) in [6.45, 7) is 3.29. The Hall–Kier alpha value is -4.23. The third kappa shape index (κ3) is 4.74. The number of imidazole rings is 1. The molecule has 1 aliphatic rings. The lowest BCUT2D eigenvalue weighted by atomic mass is 10.0. The number of likely N-dealkylation sites (tertiary alicyclic amines) is 1. The van der Waals surface area contributed by atoms with E-state index in [1.54, 1.807) is 36.4 Å². The van der Waals surface area contributed by atoms with Crippen LogP contribution in [0.15, 0.2) is 42.6 Å². The molecule has 0 bridgehead atoms. The molecule has 1 unspecified atom stereocenters. The number of carbonyl (C=O) groups is 2. The van der Waals surface area contributed by atoms with E-state index < -0.39 is 5.91 Å². The second kappa shape index (κ2) is 10.1. The van der Waals surface area contributed by atoms with Crippen LogP contribution in [0.2, 0.25) is 0 Å². The smallest absolute Gasteiger partial charge is 0.269 e. The number of benzene rings is 1. The van der Waals surface area contributed by atoms with Crippen molar-refractivity contribution in [3.63, 3.8) is 0 Å². The molecule has 1 aromatic carbocycles. The van der Waals surface area contributed by atoms with Crippen molar-refractivity contribution in [1.29, 1.82) is 0 Å². The first-order valence-corrected chi connectivity index (χ1v) is 11.0. The number of hydrogen-bond acceptors (Lipinski definition) is 7. The molecule has 2 aromatic heterocycles. The van der Waals surface area contributed by atoms with E-state index in [-0.39, 0.29) is 17.6 Å². The van der Waals surface area contributed by atoms with Crippen molar-refractivity contribution in [2.75, 3.05) is 24.2 Å². The summed E-state index contributed by atoms with van der Waals surface area (Å²) in [5.41, 5.74) is 7.24. The monoisotopic (exact) mass is 458 g/mol. The average Bonchev–Trinajstić information content (AvgIpc) is 3.20. The summed E-state index contributed by atoms with van der Waals surface area (Å²) in [6, 6.07) is 9.98. The molecule has 1 atom stereocenters. The van der Waals surface area contributed by atoms with Crippen LogP contribution in [0.5, 0.6) is 0 Å². The number of anilines is 1. The van der Waals surface area contributed by atoms with Crippen molar-refractivity contribution in [3.05, 3.63) is 59.7 Å². The van der Waals surface area contributed by atoms with Gasteiger partial charge in [-0.25, -0.2) is 9.66 Å². The molecular weight excluding hydrogens is 432 g/mol. The van der Waals surface area contributed by atoms with E-state index in [9.17, 15) is 9.59 Å². The largest absolute Gasteiger partial charge is 0.364 e. The molecule has 1 fully saturated rings. The number of amides is 2. The van der Waals surface area contributed by atoms with Crippen molar-refractivity contribution in [2.45, 2.75) is 32.2 Å². The minimum absolute atomic E-state index is 0.0662. The summed E-state index contributed by atoms with van der Waals surface area (Å²) >= 11 is 0. The highest BCUT2D eigenvalue weighted by molar-refractivity contribution is 6.04. The number of hydrogen-bond donors (Lipinski definition) is 3. The molecule has 10 heteroatoms. The zero-order valence-corrected chi connectivity index (χ0v) is 18.9. The molecule has 0 aliphatic carbocycles. The molecule has 3 aromatic rings. The molecule has 10 nitrogen and oxygen atoms in total. The number of carbonyl (C=O) groups excluding carboxylic acids is 2. The fourth-order valence-corrected chi connectivity index (χ4v) is 4.11. The SMILES string of the molecule is CC#CCN1CCCCC1c1nc(-c2ccc(C(=O)Nc3cccnn3)cc2)c(C(N)=O)n1N. The maximum absolute atomic E-state index is 12.5. The van der Waals surface area contributed by atoms with Gasteiger partial charge in [-0.1, -0.05) is 24.5 Å². The van der Waals surface area contributed by atoms with Gasteiger partial charge < -0.3 is 16.9 Å². The Balaban J connectivity index is 1.64. The Morgan fingerprint density at radius 1 is 1.21 bits per heavy atom. The number of nitrogens with one attached hydrogen (secondary N) is 1. The topological polar surface area (TPSA) is 145 Å². The van der Waals surface area contributed by atoms with E-state index in [0.29, 0.717) is 35.0 Å². The number of aromatic nitrogens is 4. The zero-order valence-electron chi connectivity index (χ0n) is 18.9. The van der Waals surface area contributed by atoms with Gasteiger partial charge in [0, 0.05) is 17.3 Å². The number of nitrogen functional groups attached to an aromatic ring is 1. The molecule has 0 saturated carbocycles. The van der Waals surface area contributed by atoms with Gasteiger partial charge in [0.2, 0.25) is 0 Å². The Labute approximate surface area is 197 Å². The summed E-state index contributed by atoms with van der Waals surface area (Å²) in [7, 11) is 0. The predicted molar refractivity (Wildman–Crippen MR) is 128 cm³/mol. The van der Waals surface area contributed by atoms with Gasteiger partial charge in [0.05, 0.1) is 12.6 Å². The summed E-state index contributed by atoms with van der Waals surface area (Å²) in [5.74, 6) is 12.3. The van der Waals surface area contributed by atoms with Crippen LogP contribution in [0.25, 0.3) is 11.3 Å². The molecule has 5 N–H and O–H groups in total. The third-order valence-corrected chi connectivity index (χ3v) is 5.78. The van der Waals surface area contributed by atoms with Gasteiger partial charge in [-0.2, -0.15) is 5.10 Å². The van der Waals surface area contributed by atoms with E-state index in [1.807, 2.05) is 6.92 Å².